The Morgan fingerprint density at radius 1 is 1.26 bits per heavy atom. The number of aryl methyl sites for hydroxylation is 1. The molecule has 0 radical (unpaired) electrons. The van der Waals surface area contributed by atoms with Gasteiger partial charge in [-0.3, -0.25) is 14.6 Å². The second-order valence-electron chi connectivity index (χ2n) is 5.86. The van der Waals surface area contributed by atoms with Crippen LogP contribution in [0.5, 0.6) is 0 Å². The van der Waals surface area contributed by atoms with Crippen LogP contribution in [0.25, 0.3) is 0 Å². The van der Waals surface area contributed by atoms with Crippen LogP contribution in [0.15, 0.2) is 35.9 Å². The highest BCUT2D eigenvalue weighted by Gasteiger charge is 2.21. The molecule has 0 unspecified atom stereocenters. The monoisotopic (exact) mass is 318 g/mol. The van der Waals surface area contributed by atoms with Gasteiger partial charge >= 0.3 is 0 Å². The molecule has 2 heterocycles. The lowest BCUT2D eigenvalue weighted by molar-refractivity contribution is -0.131. The van der Waals surface area contributed by atoms with E-state index in [1.54, 1.807) is 17.1 Å². The van der Waals surface area contributed by atoms with Crippen molar-refractivity contribution in [3.05, 3.63) is 42.8 Å². The fourth-order valence-electron chi connectivity index (χ4n) is 2.70. The molecule has 1 amide bonds. The Labute approximate surface area is 138 Å². The molecule has 0 saturated carbocycles. The van der Waals surface area contributed by atoms with Crippen LogP contribution >= 0.6 is 0 Å². The van der Waals surface area contributed by atoms with E-state index in [-0.39, 0.29) is 5.91 Å². The smallest absolute Gasteiger partial charge is 0.237 e. The van der Waals surface area contributed by atoms with Gasteiger partial charge in [-0.1, -0.05) is 17.3 Å². The van der Waals surface area contributed by atoms with E-state index >= 15 is 0 Å². The number of carbonyl (C=O) groups is 1. The zero-order chi connectivity index (χ0) is 16.7. The van der Waals surface area contributed by atoms with E-state index in [4.69, 9.17) is 4.52 Å². The van der Waals surface area contributed by atoms with Crippen molar-refractivity contribution in [1.82, 2.24) is 19.9 Å². The van der Waals surface area contributed by atoms with Gasteiger partial charge in [-0.05, 0) is 6.92 Å². The van der Waals surface area contributed by atoms with Crippen LogP contribution in [0.4, 0.5) is 0 Å². The first-order valence-electron chi connectivity index (χ1n) is 7.99. The molecule has 126 valence electrons. The molecule has 1 saturated heterocycles. The van der Waals surface area contributed by atoms with Gasteiger partial charge < -0.3 is 9.42 Å². The molecule has 6 heteroatoms. The van der Waals surface area contributed by atoms with Gasteiger partial charge in [-0.2, -0.15) is 0 Å². The minimum atomic E-state index is 0.129. The first-order chi connectivity index (χ1) is 11.1. The lowest BCUT2D eigenvalue weighted by Gasteiger charge is -2.34. The van der Waals surface area contributed by atoms with Crippen molar-refractivity contribution < 1.29 is 9.32 Å². The maximum atomic E-state index is 12.3. The Balaban J connectivity index is 1.76. The minimum Gasteiger partial charge on any atom is -0.360 e. The highest BCUT2D eigenvalue weighted by Crippen LogP contribution is 2.10. The first kappa shape index (κ1) is 17.4. The quantitative estimate of drug-likeness (QED) is 0.676. The molecule has 2 rings (SSSR count). The Hall–Kier alpha value is -1.92. The first-order valence-corrected chi connectivity index (χ1v) is 7.99. The Morgan fingerprint density at radius 3 is 2.39 bits per heavy atom. The van der Waals surface area contributed by atoms with Gasteiger partial charge in [-0.15, -0.1) is 13.2 Å². The van der Waals surface area contributed by atoms with Crippen LogP contribution in [0.1, 0.15) is 11.5 Å². The van der Waals surface area contributed by atoms with E-state index in [0.29, 0.717) is 19.6 Å². The van der Waals surface area contributed by atoms with Gasteiger partial charge in [0.05, 0.1) is 18.8 Å². The molecule has 0 bridgehead atoms. The molecule has 6 nitrogen and oxygen atoms in total. The second-order valence-corrected chi connectivity index (χ2v) is 5.86. The van der Waals surface area contributed by atoms with Crippen LogP contribution < -0.4 is 0 Å². The average molecular weight is 318 g/mol. The molecule has 23 heavy (non-hydrogen) atoms. The van der Waals surface area contributed by atoms with Crippen LogP contribution in [0, 0.1) is 6.92 Å². The van der Waals surface area contributed by atoms with Crippen molar-refractivity contribution in [2.75, 3.05) is 45.8 Å². The van der Waals surface area contributed by atoms with Crippen molar-refractivity contribution in [1.29, 1.82) is 0 Å². The number of hydrogen-bond acceptors (Lipinski definition) is 5. The van der Waals surface area contributed by atoms with Crippen molar-refractivity contribution in [3.8, 4) is 0 Å². The van der Waals surface area contributed by atoms with E-state index in [1.165, 1.54) is 0 Å². The molecule has 1 aliphatic heterocycles. The van der Waals surface area contributed by atoms with E-state index < -0.39 is 0 Å². The van der Waals surface area contributed by atoms with E-state index in [2.05, 4.69) is 28.1 Å². The maximum absolute atomic E-state index is 12.3. The third-order valence-corrected chi connectivity index (χ3v) is 3.93. The highest BCUT2D eigenvalue weighted by molar-refractivity contribution is 5.78. The number of rotatable bonds is 8. The summed E-state index contributed by atoms with van der Waals surface area (Å²) >= 11 is 0. The van der Waals surface area contributed by atoms with E-state index in [0.717, 1.165) is 44.2 Å². The summed E-state index contributed by atoms with van der Waals surface area (Å²) < 4.78 is 5.26. The predicted octanol–water partition coefficient (Wildman–Crippen LogP) is 1.30. The molecule has 1 aliphatic rings. The summed E-state index contributed by atoms with van der Waals surface area (Å²) in [4.78, 5) is 18.6. The van der Waals surface area contributed by atoms with Gasteiger partial charge in [0.2, 0.25) is 5.91 Å². The predicted molar refractivity (Wildman–Crippen MR) is 89.9 cm³/mol. The van der Waals surface area contributed by atoms with Gasteiger partial charge in [0.1, 0.15) is 0 Å². The summed E-state index contributed by atoms with van der Waals surface area (Å²) in [5.74, 6) is 1.03. The van der Waals surface area contributed by atoms with Crippen molar-refractivity contribution >= 4 is 5.91 Å². The van der Waals surface area contributed by atoms with Gasteiger partial charge in [-0.25, -0.2) is 0 Å². The van der Waals surface area contributed by atoms with Gasteiger partial charge in [0.25, 0.3) is 0 Å². The van der Waals surface area contributed by atoms with E-state index in [9.17, 15) is 4.79 Å². The standard InChI is InChI=1S/C17H26N4O2/c1-4-6-21(7-5-2)17(22)14-20-10-8-19(9-11-20)13-16-12-15(3)18-23-16/h4-5,12H,1-2,6-11,13-14H2,3H3. The zero-order valence-electron chi connectivity index (χ0n) is 13.9. The summed E-state index contributed by atoms with van der Waals surface area (Å²) in [6.07, 6.45) is 3.50. The largest absolute Gasteiger partial charge is 0.360 e. The molecule has 1 aromatic heterocycles. The van der Waals surface area contributed by atoms with Gasteiger partial charge in [0, 0.05) is 45.3 Å². The molecule has 1 aromatic rings. The fourth-order valence-corrected chi connectivity index (χ4v) is 2.70. The summed E-state index contributed by atoms with van der Waals surface area (Å²) in [6, 6.07) is 1.97. The molecule has 0 aromatic carbocycles. The number of piperazine rings is 1. The lowest BCUT2D eigenvalue weighted by Crippen LogP contribution is -2.49. The summed E-state index contributed by atoms with van der Waals surface area (Å²) in [7, 11) is 0. The SMILES string of the molecule is C=CCN(CC=C)C(=O)CN1CCN(Cc2cc(C)no2)CC1. The summed E-state index contributed by atoms with van der Waals surface area (Å²) in [5.41, 5.74) is 0.911. The van der Waals surface area contributed by atoms with Crippen molar-refractivity contribution in [2.24, 2.45) is 0 Å². The number of hydrogen-bond donors (Lipinski definition) is 0. The number of carbonyl (C=O) groups excluding carboxylic acids is 1. The normalized spacial score (nSPS) is 16.2. The van der Waals surface area contributed by atoms with Crippen molar-refractivity contribution in [2.45, 2.75) is 13.5 Å². The lowest BCUT2D eigenvalue weighted by atomic mass is 10.2. The molecule has 0 atom stereocenters. The van der Waals surface area contributed by atoms with Crippen molar-refractivity contribution in [3.63, 3.8) is 0 Å². The van der Waals surface area contributed by atoms with Crippen LogP contribution in [0.3, 0.4) is 0 Å². The highest BCUT2D eigenvalue weighted by atomic mass is 16.5. The third kappa shape index (κ3) is 5.33. The number of amides is 1. The second kappa shape index (κ2) is 8.64. The maximum Gasteiger partial charge on any atom is 0.237 e. The summed E-state index contributed by atoms with van der Waals surface area (Å²) in [6.45, 7) is 15.3. The minimum absolute atomic E-state index is 0.129. The number of nitrogens with zero attached hydrogens (tertiary/aromatic N) is 4. The van der Waals surface area contributed by atoms with Gasteiger partial charge in [0.15, 0.2) is 5.76 Å². The molecule has 0 aliphatic carbocycles. The topological polar surface area (TPSA) is 52.8 Å². The Morgan fingerprint density at radius 2 is 1.87 bits per heavy atom. The molecular weight excluding hydrogens is 292 g/mol. The van der Waals surface area contributed by atoms with E-state index in [1.807, 2.05) is 13.0 Å². The third-order valence-electron chi connectivity index (χ3n) is 3.93. The Kier molecular flexibility index (Phi) is 6.55. The fraction of sp³-hybridized carbons (Fsp3) is 0.529. The zero-order valence-corrected chi connectivity index (χ0v) is 13.9. The molecule has 0 spiro atoms. The summed E-state index contributed by atoms with van der Waals surface area (Å²) in [5, 5.41) is 3.91. The average Bonchev–Trinajstić information content (AvgIpc) is 2.94. The molecular formula is C17H26N4O2. The molecule has 0 N–H and O–H groups in total. The Bertz CT molecular complexity index is 522. The van der Waals surface area contributed by atoms with Crippen LogP contribution in [-0.2, 0) is 11.3 Å². The van der Waals surface area contributed by atoms with Crippen LogP contribution in [-0.4, -0.2) is 71.6 Å². The molecule has 1 fully saturated rings. The number of aromatic nitrogens is 1. The van der Waals surface area contributed by atoms with Crippen LogP contribution in [0.2, 0.25) is 0 Å².